The van der Waals surface area contributed by atoms with Gasteiger partial charge in [-0.05, 0) is 46.6 Å². The zero-order valence-electron chi connectivity index (χ0n) is 9.85. The number of ether oxygens (including phenoxy) is 1. The van der Waals surface area contributed by atoms with Gasteiger partial charge in [0.2, 0.25) is 5.88 Å². The molecule has 1 heterocycles. The summed E-state index contributed by atoms with van der Waals surface area (Å²) in [5.41, 5.74) is 0.487. The lowest BCUT2D eigenvalue weighted by Gasteiger charge is -2.09. The van der Waals surface area contributed by atoms with E-state index in [0.717, 1.165) is 6.07 Å². The van der Waals surface area contributed by atoms with Gasteiger partial charge in [-0.15, -0.1) is 0 Å². The smallest absolute Gasteiger partial charge is 0.341 e. The van der Waals surface area contributed by atoms with E-state index in [-0.39, 0.29) is 17.2 Å². The van der Waals surface area contributed by atoms with Crippen molar-refractivity contribution >= 4 is 21.9 Å². The Hall–Kier alpha value is -1.95. The minimum absolute atomic E-state index is 0.0363. The van der Waals surface area contributed by atoms with Crippen LogP contribution in [0.4, 0.5) is 4.39 Å². The van der Waals surface area contributed by atoms with E-state index in [0.29, 0.717) is 10.0 Å². The number of rotatable bonds is 3. The highest BCUT2D eigenvalue weighted by atomic mass is 79.9. The first-order valence-electron chi connectivity index (χ1n) is 5.31. The topological polar surface area (TPSA) is 59.4 Å². The van der Waals surface area contributed by atoms with Gasteiger partial charge in [0.05, 0.1) is 4.47 Å². The molecule has 1 aromatic carbocycles. The van der Waals surface area contributed by atoms with Crippen molar-refractivity contribution in [3.8, 4) is 11.6 Å². The summed E-state index contributed by atoms with van der Waals surface area (Å²) >= 11 is 3.02. The van der Waals surface area contributed by atoms with Crippen LogP contribution in [0.15, 0.2) is 34.9 Å². The number of hydrogen-bond donors (Lipinski definition) is 1. The van der Waals surface area contributed by atoms with E-state index in [2.05, 4.69) is 20.9 Å². The molecular weight excluding hydrogens is 317 g/mol. The number of carboxylic acid groups (broad SMARTS) is 1. The Kier molecular flexibility index (Phi) is 3.80. The van der Waals surface area contributed by atoms with E-state index >= 15 is 0 Å². The van der Waals surface area contributed by atoms with Crippen molar-refractivity contribution < 1.29 is 19.0 Å². The lowest BCUT2D eigenvalue weighted by molar-refractivity contribution is 0.0692. The van der Waals surface area contributed by atoms with Crippen molar-refractivity contribution in [1.82, 2.24) is 4.98 Å². The Balaban J connectivity index is 2.40. The molecule has 1 N–H and O–H groups in total. The Morgan fingerprint density at radius 3 is 2.79 bits per heavy atom. The average molecular weight is 326 g/mol. The van der Waals surface area contributed by atoms with Crippen LogP contribution in [-0.2, 0) is 0 Å². The molecular formula is C13H9BrFNO3. The van der Waals surface area contributed by atoms with E-state index in [1.807, 2.05) is 0 Å². The third-order valence-corrected chi connectivity index (χ3v) is 3.09. The second-order valence-corrected chi connectivity index (χ2v) is 4.65. The van der Waals surface area contributed by atoms with E-state index in [1.54, 1.807) is 13.0 Å². The van der Waals surface area contributed by atoms with Crippen LogP contribution in [0.5, 0.6) is 11.6 Å². The summed E-state index contributed by atoms with van der Waals surface area (Å²) in [7, 11) is 0. The summed E-state index contributed by atoms with van der Waals surface area (Å²) in [5.74, 6) is -1.52. The lowest BCUT2D eigenvalue weighted by atomic mass is 10.1. The number of aromatic nitrogens is 1. The minimum Gasteiger partial charge on any atom is -0.477 e. The van der Waals surface area contributed by atoms with Crippen LogP contribution in [0.25, 0.3) is 0 Å². The molecule has 0 amide bonds. The van der Waals surface area contributed by atoms with E-state index in [4.69, 9.17) is 9.84 Å². The van der Waals surface area contributed by atoms with Gasteiger partial charge >= 0.3 is 5.97 Å². The van der Waals surface area contributed by atoms with Gasteiger partial charge in [-0.2, -0.15) is 0 Å². The van der Waals surface area contributed by atoms with E-state index in [1.165, 1.54) is 18.3 Å². The van der Waals surface area contributed by atoms with Crippen LogP contribution in [0.3, 0.4) is 0 Å². The molecule has 0 saturated heterocycles. The van der Waals surface area contributed by atoms with Gasteiger partial charge in [0.1, 0.15) is 17.1 Å². The molecule has 2 aromatic rings. The number of nitrogens with zero attached hydrogens (tertiary/aromatic N) is 1. The maximum Gasteiger partial charge on any atom is 0.341 e. The Bertz CT molecular complexity index is 646. The molecule has 0 aliphatic heterocycles. The highest BCUT2D eigenvalue weighted by molar-refractivity contribution is 9.10. The molecule has 0 fully saturated rings. The Morgan fingerprint density at radius 2 is 2.16 bits per heavy atom. The zero-order valence-corrected chi connectivity index (χ0v) is 11.4. The van der Waals surface area contributed by atoms with Gasteiger partial charge in [0, 0.05) is 12.3 Å². The normalized spacial score (nSPS) is 10.3. The quantitative estimate of drug-likeness (QED) is 0.932. The maximum atomic E-state index is 13.4. The Labute approximate surface area is 117 Å². The second-order valence-electron chi connectivity index (χ2n) is 3.79. The molecule has 0 aliphatic rings. The van der Waals surface area contributed by atoms with Crippen molar-refractivity contribution in [1.29, 1.82) is 0 Å². The van der Waals surface area contributed by atoms with Gasteiger partial charge in [-0.3, -0.25) is 0 Å². The summed E-state index contributed by atoms with van der Waals surface area (Å²) in [5, 5.41) is 9.12. The molecule has 0 radical (unpaired) electrons. The summed E-state index contributed by atoms with van der Waals surface area (Å²) in [6, 6.07) is 5.71. The molecule has 0 spiro atoms. The van der Waals surface area contributed by atoms with Crippen molar-refractivity contribution in [2.45, 2.75) is 6.92 Å². The summed E-state index contributed by atoms with van der Waals surface area (Å²) in [4.78, 5) is 15.0. The molecule has 19 heavy (non-hydrogen) atoms. The van der Waals surface area contributed by atoms with Gasteiger partial charge in [-0.25, -0.2) is 14.2 Å². The van der Waals surface area contributed by atoms with Gasteiger partial charge in [-0.1, -0.05) is 0 Å². The molecule has 0 unspecified atom stereocenters. The standard InChI is InChI=1S/C13H9BrFNO3/c1-7-4-5-16-12(11(7)13(17)18)19-8-2-3-9(14)10(15)6-8/h2-6H,1H3,(H,17,18). The molecule has 1 aromatic heterocycles. The fourth-order valence-electron chi connectivity index (χ4n) is 1.52. The number of aromatic carboxylic acids is 1. The van der Waals surface area contributed by atoms with Crippen molar-refractivity contribution in [3.05, 3.63) is 51.9 Å². The molecule has 0 aliphatic carbocycles. The second kappa shape index (κ2) is 5.36. The fourth-order valence-corrected chi connectivity index (χ4v) is 1.77. The zero-order chi connectivity index (χ0) is 14.0. The number of carboxylic acids is 1. The molecule has 98 valence electrons. The first kappa shape index (κ1) is 13.5. The SMILES string of the molecule is Cc1ccnc(Oc2ccc(Br)c(F)c2)c1C(=O)O. The predicted molar refractivity (Wildman–Crippen MR) is 70.1 cm³/mol. The van der Waals surface area contributed by atoms with Crippen molar-refractivity contribution in [2.75, 3.05) is 0 Å². The number of aryl methyl sites for hydroxylation is 1. The monoisotopic (exact) mass is 325 g/mol. The first-order valence-corrected chi connectivity index (χ1v) is 6.10. The number of halogens is 2. The molecule has 0 bridgehead atoms. The molecule has 0 saturated carbocycles. The summed E-state index contributed by atoms with van der Waals surface area (Å²) < 4.78 is 19.0. The van der Waals surface area contributed by atoms with Crippen LogP contribution >= 0.6 is 15.9 Å². The highest BCUT2D eigenvalue weighted by Gasteiger charge is 2.16. The van der Waals surface area contributed by atoms with Gasteiger partial charge in [0.25, 0.3) is 0 Å². The number of hydrogen-bond acceptors (Lipinski definition) is 3. The lowest BCUT2D eigenvalue weighted by Crippen LogP contribution is -2.04. The van der Waals surface area contributed by atoms with E-state index in [9.17, 15) is 9.18 Å². The van der Waals surface area contributed by atoms with Crippen LogP contribution in [0.2, 0.25) is 0 Å². The first-order chi connectivity index (χ1) is 8.99. The number of pyridine rings is 1. The molecule has 0 atom stereocenters. The Morgan fingerprint density at radius 1 is 1.42 bits per heavy atom. The largest absolute Gasteiger partial charge is 0.477 e. The molecule has 6 heteroatoms. The number of benzene rings is 1. The third kappa shape index (κ3) is 2.90. The van der Waals surface area contributed by atoms with Crippen LogP contribution in [0.1, 0.15) is 15.9 Å². The van der Waals surface area contributed by atoms with Gasteiger partial charge < -0.3 is 9.84 Å². The van der Waals surface area contributed by atoms with Crippen molar-refractivity contribution in [3.63, 3.8) is 0 Å². The average Bonchev–Trinajstić information content (AvgIpc) is 2.33. The maximum absolute atomic E-state index is 13.4. The highest BCUT2D eigenvalue weighted by Crippen LogP contribution is 2.27. The van der Waals surface area contributed by atoms with Crippen LogP contribution < -0.4 is 4.74 Å². The minimum atomic E-state index is -1.14. The van der Waals surface area contributed by atoms with Crippen LogP contribution in [-0.4, -0.2) is 16.1 Å². The summed E-state index contributed by atoms with van der Waals surface area (Å²) in [6.45, 7) is 1.64. The van der Waals surface area contributed by atoms with Gasteiger partial charge in [0.15, 0.2) is 0 Å². The fraction of sp³-hybridized carbons (Fsp3) is 0.0769. The number of carbonyl (C=O) groups is 1. The predicted octanol–water partition coefficient (Wildman–Crippen LogP) is 3.78. The third-order valence-electron chi connectivity index (χ3n) is 2.44. The van der Waals surface area contributed by atoms with E-state index < -0.39 is 11.8 Å². The molecule has 4 nitrogen and oxygen atoms in total. The van der Waals surface area contributed by atoms with Crippen LogP contribution in [0, 0.1) is 12.7 Å². The summed E-state index contributed by atoms with van der Waals surface area (Å²) in [6.07, 6.45) is 1.44. The molecule has 2 rings (SSSR count). The van der Waals surface area contributed by atoms with Crippen molar-refractivity contribution in [2.24, 2.45) is 0 Å².